The predicted octanol–water partition coefficient (Wildman–Crippen LogP) is 5.33. The number of aromatic nitrogens is 1. The maximum atomic E-state index is 14.2. The number of phenols is 1. The summed E-state index contributed by atoms with van der Waals surface area (Å²) in [5, 5.41) is 10.7. The summed E-state index contributed by atoms with van der Waals surface area (Å²) in [5.41, 5.74) is 1.98. The lowest BCUT2D eigenvalue weighted by molar-refractivity contribution is -0.133. The van der Waals surface area contributed by atoms with Crippen LogP contribution in [0.15, 0.2) is 36.4 Å². The molecule has 1 unspecified atom stereocenters. The third-order valence-corrected chi connectivity index (χ3v) is 7.19. The van der Waals surface area contributed by atoms with Crippen LogP contribution in [0.3, 0.4) is 0 Å². The van der Waals surface area contributed by atoms with Gasteiger partial charge in [0.25, 0.3) is 5.91 Å². The molecule has 0 bridgehead atoms. The van der Waals surface area contributed by atoms with Gasteiger partial charge in [-0.3, -0.25) is 9.69 Å². The Morgan fingerprint density at radius 3 is 2.79 bits per heavy atom. The van der Waals surface area contributed by atoms with E-state index in [4.69, 9.17) is 11.6 Å². The topological polar surface area (TPSA) is 76.6 Å². The molecule has 0 spiro atoms. The number of H-pyrrole nitrogens is 1. The molecule has 2 aliphatic heterocycles. The van der Waals surface area contributed by atoms with E-state index in [0.717, 1.165) is 35.0 Å². The summed E-state index contributed by atoms with van der Waals surface area (Å²) in [6.45, 7) is 4.21. The highest BCUT2D eigenvalue weighted by molar-refractivity contribution is 6.31. The maximum absolute atomic E-state index is 14.2. The normalized spacial score (nSPS) is 22.2. The minimum Gasteiger partial charge on any atom is -0.508 e. The SMILES string of the molecule is CCCCN1C(=O)N2C(Cc3cccc(O)c3)c3[nH]c4cc(F)c(Cl)cc4c3C[C@@]2(C)C1=O. The molecular formula is C25H25ClFN3O3. The molecule has 1 saturated heterocycles. The summed E-state index contributed by atoms with van der Waals surface area (Å²) >= 11 is 6.09. The number of hydrogen-bond donors (Lipinski definition) is 2. The summed E-state index contributed by atoms with van der Waals surface area (Å²) in [5.74, 6) is -0.614. The Morgan fingerprint density at radius 1 is 1.27 bits per heavy atom. The number of fused-ring (bicyclic) bond motifs is 4. The first-order valence-corrected chi connectivity index (χ1v) is 11.5. The molecule has 2 atom stereocenters. The van der Waals surface area contributed by atoms with Crippen LogP contribution in [0, 0.1) is 5.82 Å². The fraction of sp³-hybridized carbons (Fsp3) is 0.360. The number of benzene rings is 2. The number of rotatable bonds is 5. The molecule has 8 heteroatoms. The first-order chi connectivity index (χ1) is 15.7. The second-order valence-electron chi connectivity index (χ2n) is 9.13. The van der Waals surface area contributed by atoms with E-state index in [2.05, 4.69) is 4.98 Å². The number of unbranched alkanes of at least 4 members (excludes halogenated alkanes) is 1. The molecule has 2 aliphatic rings. The van der Waals surface area contributed by atoms with Crippen molar-refractivity contribution in [3.8, 4) is 5.75 Å². The van der Waals surface area contributed by atoms with Crippen molar-refractivity contribution in [3.63, 3.8) is 0 Å². The van der Waals surface area contributed by atoms with Crippen LogP contribution in [0.4, 0.5) is 9.18 Å². The number of phenolic OH excluding ortho intramolecular Hbond substituents is 1. The van der Waals surface area contributed by atoms with Gasteiger partial charge < -0.3 is 15.0 Å². The van der Waals surface area contributed by atoms with Crippen molar-refractivity contribution in [2.24, 2.45) is 0 Å². The molecule has 1 fully saturated rings. The van der Waals surface area contributed by atoms with Gasteiger partial charge in [0.15, 0.2) is 0 Å². The highest BCUT2D eigenvalue weighted by Gasteiger charge is 2.59. The van der Waals surface area contributed by atoms with Gasteiger partial charge in [0.2, 0.25) is 0 Å². The summed E-state index contributed by atoms with van der Waals surface area (Å²) < 4.78 is 14.2. The van der Waals surface area contributed by atoms with Crippen molar-refractivity contribution in [2.75, 3.05) is 6.54 Å². The highest BCUT2D eigenvalue weighted by Crippen LogP contribution is 2.48. The van der Waals surface area contributed by atoms with Crippen molar-refractivity contribution in [2.45, 2.75) is 51.1 Å². The van der Waals surface area contributed by atoms with Crippen LogP contribution >= 0.6 is 11.6 Å². The number of nitrogens with one attached hydrogen (secondary N) is 1. The van der Waals surface area contributed by atoms with Crippen molar-refractivity contribution in [1.29, 1.82) is 0 Å². The van der Waals surface area contributed by atoms with E-state index in [1.807, 2.05) is 19.9 Å². The van der Waals surface area contributed by atoms with Gasteiger partial charge in [-0.15, -0.1) is 0 Å². The molecule has 0 saturated carbocycles. The number of halogens is 2. The van der Waals surface area contributed by atoms with Crippen molar-refractivity contribution in [3.05, 3.63) is 64.1 Å². The van der Waals surface area contributed by atoms with Gasteiger partial charge in [-0.1, -0.05) is 37.1 Å². The summed E-state index contributed by atoms with van der Waals surface area (Å²) in [7, 11) is 0. The molecule has 6 nitrogen and oxygen atoms in total. The fourth-order valence-corrected chi connectivity index (χ4v) is 5.45. The van der Waals surface area contributed by atoms with Gasteiger partial charge in [-0.05, 0) is 55.2 Å². The lowest BCUT2D eigenvalue weighted by atomic mass is 9.81. The number of imide groups is 1. The minimum atomic E-state index is -1.06. The van der Waals surface area contributed by atoms with E-state index in [9.17, 15) is 19.1 Å². The Morgan fingerprint density at radius 2 is 2.06 bits per heavy atom. The molecule has 33 heavy (non-hydrogen) atoms. The number of aromatic amines is 1. The van der Waals surface area contributed by atoms with Crippen molar-refractivity contribution in [1.82, 2.24) is 14.8 Å². The van der Waals surface area contributed by atoms with Gasteiger partial charge in [0.05, 0.1) is 11.1 Å². The van der Waals surface area contributed by atoms with E-state index < -0.39 is 17.4 Å². The van der Waals surface area contributed by atoms with E-state index >= 15 is 0 Å². The molecule has 172 valence electrons. The van der Waals surface area contributed by atoms with Gasteiger partial charge in [0.1, 0.15) is 17.1 Å². The third-order valence-electron chi connectivity index (χ3n) is 6.90. The maximum Gasteiger partial charge on any atom is 0.328 e. The number of urea groups is 1. The van der Waals surface area contributed by atoms with Crippen LogP contribution in [-0.2, 0) is 17.6 Å². The molecule has 3 aromatic rings. The number of hydrogen-bond acceptors (Lipinski definition) is 3. The smallest absolute Gasteiger partial charge is 0.328 e. The van der Waals surface area contributed by atoms with Crippen molar-refractivity contribution >= 4 is 34.4 Å². The third kappa shape index (κ3) is 3.29. The molecule has 0 aliphatic carbocycles. The van der Waals surface area contributed by atoms with E-state index in [0.29, 0.717) is 24.9 Å². The van der Waals surface area contributed by atoms with E-state index in [-0.39, 0.29) is 22.7 Å². The van der Waals surface area contributed by atoms with Crippen molar-refractivity contribution < 1.29 is 19.1 Å². The molecule has 3 amide bonds. The van der Waals surface area contributed by atoms with Crippen LogP contribution < -0.4 is 0 Å². The predicted molar refractivity (Wildman–Crippen MR) is 124 cm³/mol. The Balaban J connectivity index is 1.68. The molecule has 5 rings (SSSR count). The summed E-state index contributed by atoms with van der Waals surface area (Å²) in [4.78, 5) is 33.4. The largest absolute Gasteiger partial charge is 0.508 e. The molecule has 0 radical (unpaired) electrons. The highest BCUT2D eigenvalue weighted by atomic mass is 35.5. The Hall–Kier alpha value is -3.06. The van der Waals surface area contributed by atoms with Crippen LogP contribution in [0.1, 0.15) is 49.6 Å². The average Bonchev–Trinajstić information content (AvgIpc) is 3.19. The van der Waals surface area contributed by atoms with E-state index in [1.54, 1.807) is 29.2 Å². The van der Waals surface area contributed by atoms with Crippen LogP contribution in [-0.4, -0.2) is 43.9 Å². The van der Waals surface area contributed by atoms with Crippen LogP contribution in [0.25, 0.3) is 10.9 Å². The quantitative estimate of drug-likeness (QED) is 0.496. The zero-order valence-corrected chi connectivity index (χ0v) is 19.2. The first kappa shape index (κ1) is 21.8. The number of aromatic hydroxyl groups is 1. The zero-order valence-electron chi connectivity index (χ0n) is 18.5. The van der Waals surface area contributed by atoms with Gasteiger partial charge in [-0.25, -0.2) is 9.18 Å². The van der Waals surface area contributed by atoms with E-state index in [1.165, 1.54) is 11.0 Å². The number of nitrogens with zero attached hydrogens (tertiary/aromatic N) is 2. The van der Waals surface area contributed by atoms with Gasteiger partial charge >= 0.3 is 6.03 Å². The molecule has 1 aromatic heterocycles. The number of carbonyl (C=O) groups is 2. The fourth-order valence-electron chi connectivity index (χ4n) is 5.29. The van der Waals surface area contributed by atoms with Crippen LogP contribution in [0.2, 0.25) is 5.02 Å². The molecule has 2 N–H and O–H groups in total. The summed E-state index contributed by atoms with van der Waals surface area (Å²) in [6.07, 6.45) is 2.31. The average molecular weight is 470 g/mol. The Kier molecular flexibility index (Phi) is 5.12. The van der Waals surface area contributed by atoms with Gasteiger partial charge in [-0.2, -0.15) is 0 Å². The molecular weight excluding hydrogens is 445 g/mol. The second kappa shape index (κ2) is 7.76. The Labute approximate surface area is 195 Å². The monoisotopic (exact) mass is 469 g/mol. The number of carbonyl (C=O) groups excluding carboxylic acids is 2. The van der Waals surface area contributed by atoms with Gasteiger partial charge in [0, 0.05) is 29.6 Å². The molecule has 2 aromatic carbocycles. The summed E-state index contributed by atoms with van der Waals surface area (Å²) in [6, 6.07) is 9.01. The Bertz CT molecular complexity index is 1290. The standard InChI is InChI=1S/C25H25ClFN3O3/c1-3-4-8-29-23(32)25(2)13-17-16-11-18(26)19(27)12-20(16)28-22(17)21(30(25)24(29)33)10-14-6-5-7-15(31)9-14/h5-7,9,11-12,21,28,31H,3-4,8,10,13H2,1-2H3/t21?,25-/m0/s1. The molecule has 3 heterocycles. The first-order valence-electron chi connectivity index (χ1n) is 11.2. The van der Waals surface area contributed by atoms with Crippen LogP contribution in [0.5, 0.6) is 5.75 Å². The lowest BCUT2D eigenvalue weighted by Gasteiger charge is -2.42. The second-order valence-corrected chi connectivity index (χ2v) is 9.54. The lowest BCUT2D eigenvalue weighted by Crippen LogP contribution is -2.53. The minimum absolute atomic E-state index is 0.0137. The zero-order chi connectivity index (χ0) is 23.5. The number of amides is 3.